The highest BCUT2D eigenvalue weighted by Gasteiger charge is 2.40. The van der Waals surface area contributed by atoms with Crippen LogP contribution in [0.3, 0.4) is 0 Å². The lowest BCUT2D eigenvalue weighted by atomic mass is 9.82. The van der Waals surface area contributed by atoms with Gasteiger partial charge in [0.2, 0.25) is 10.0 Å². The van der Waals surface area contributed by atoms with Crippen LogP contribution in [0.25, 0.3) is 0 Å². The van der Waals surface area contributed by atoms with E-state index in [-0.39, 0.29) is 23.4 Å². The molecule has 1 fully saturated rings. The maximum atomic E-state index is 13.5. The summed E-state index contributed by atoms with van der Waals surface area (Å²) in [6.07, 6.45) is -0.540. The van der Waals surface area contributed by atoms with E-state index >= 15 is 0 Å². The molecule has 1 aliphatic carbocycles. The summed E-state index contributed by atoms with van der Waals surface area (Å²) in [7, 11) is -4.70. The van der Waals surface area contributed by atoms with Gasteiger partial charge in [-0.25, -0.2) is 19.1 Å². The van der Waals surface area contributed by atoms with E-state index in [1.807, 2.05) is 0 Å². The number of hydrogen-bond acceptors (Lipinski definition) is 7. The van der Waals surface area contributed by atoms with Crippen LogP contribution in [0, 0.1) is 5.92 Å². The van der Waals surface area contributed by atoms with Crippen molar-refractivity contribution in [3.63, 3.8) is 0 Å². The molecule has 1 aromatic rings. The molecule has 1 aliphatic heterocycles. The highest BCUT2D eigenvalue weighted by Crippen LogP contribution is 2.38. The third-order valence-electron chi connectivity index (χ3n) is 5.45. The van der Waals surface area contributed by atoms with Crippen LogP contribution >= 0.6 is 0 Å². The van der Waals surface area contributed by atoms with Gasteiger partial charge in [0, 0.05) is 5.56 Å². The Hall–Kier alpha value is -2.58. The normalized spacial score (nSPS) is 21.7. The van der Waals surface area contributed by atoms with Crippen LogP contribution in [0.1, 0.15) is 48.8 Å². The van der Waals surface area contributed by atoms with Gasteiger partial charge in [-0.15, -0.1) is 10.6 Å². The molecule has 0 aromatic heterocycles. The van der Waals surface area contributed by atoms with Crippen LogP contribution < -0.4 is 33.1 Å². The summed E-state index contributed by atoms with van der Waals surface area (Å²) in [5, 5.41) is 9.02. The third kappa shape index (κ3) is 5.57. The summed E-state index contributed by atoms with van der Waals surface area (Å²) < 4.78 is 65.0. The largest absolute Gasteiger partial charge is 0.417 e. The minimum atomic E-state index is -4.90. The number of amidine groups is 1. The van der Waals surface area contributed by atoms with Gasteiger partial charge in [0.15, 0.2) is 11.8 Å². The Kier molecular flexibility index (Phi) is 6.62. The predicted octanol–water partition coefficient (Wildman–Crippen LogP) is 0.392. The van der Waals surface area contributed by atoms with Crippen molar-refractivity contribution in [1.82, 2.24) is 16.5 Å². The fourth-order valence-corrected chi connectivity index (χ4v) is 5.06. The Bertz CT molecular complexity index is 982. The van der Waals surface area contributed by atoms with Crippen LogP contribution in [0.5, 0.6) is 0 Å². The van der Waals surface area contributed by atoms with Gasteiger partial charge in [-0.2, -0.15) is 13.2 Å². The molecule has 9 N–H and O–H groups in total. The predicted molar refractivity (Wildman–Crippen MR) is 109 cm³/mol. The maximum Gasteiger partial charge on any atom is 0.417 e. The Labute approximate surface area is 177 Å². The van der Waals surface area contributed by atoms with Gasteiger partial charge in [0.05, 0.1) is 11.6 Å². The smallest absolute Gasteiger partial charge is 0.370 e. The van der Waals surface area contributed by atoms with Gasteiger partial charge >= 0.3 is 6.18 Å². The molecular formula is C17H25F3N8O2S. The SMILES string of the molecule is NC(N)=NC1CCC(CCc2ccc(C(F)(F)F)c(S(N)(=O)=O)c2C2=NNNN2)CC1. The summed E-state index contributed by atoms with van der Waals surface area (Å²) >= 11 is 0. The van der Waals surface area contributed by atoms with Crippen molar-refractivity contribution in [2.24, 2.45) is 32.6 Å². The molecule has 1 heterocycles. The minimum absolute atomic E-state index is 0.0560. The summed E-state index contributed by atoms with van der Waals surface area (Å²) in [5.74, 6) is 0.287. The number of aryl methyl sites for hydroxylation is 1. The molecule has 0 bridgehead atoms. The van der Waals surface area contributed by atoms with Crippen molar-refractivity contribution in [1.29, 1.82) is 0 Å². The van der Waals surface area contributed by atoms with Gasteiger partial charge in [0.1, 0.15) is 4.90 Å². The minimum Gasteiger partial charge on any atom is -0.370 e. The lowest BCUT2D eigenvalue weighted by molar-refractivity contribution is -0.139. The van der Waals surface area contributed by atoms with Crippen molar-refractivity contribution < 1.29 is 21.6 Å². The topological polar surface area (TPSA) is 173 Å². The number of hydrazone groups is 1. The average Bonchev–Trinajstić information content (AvgIpc) is 3.19. The van der Waals surface area contributed by atoms with E-state index in [4.69, 9.17) is 16.6 Å². The number of nitrogens with zero attached hydrogens (tertiary/aromatic N) is 2. The van der Waals surface area contributed by atoms with E-state index in [2.05, 4.69) is 26.6 Å². The van der Waals surface area contributed by atoms with Gasteiger partial charge in [-0.1, -0.05) is 6.07 Å². The summed E-state index contributed by atoms with van der Waals surface area (Å²) in [6, 6.07) is 2.11. The first-order valence-corrected chi connectivity index (χ1v) is 11.2. The Morgan fingerprint density at radius 3 is 2.39 bits per heavy atom. The number of sulfonamides is 1. The van der Waals surface area contributed by atoms with Gasteiger partial charge in [-0.3, -0.25) is 10.4 Å². The fraction of sp³-hybridized carbons (Fsp3) is 0.529. The number of halogens is 3. The van der Waals surface area contributed by atoms with Crippen molar-refractivity contribution in [2.45, 2.75) is 55.6 Å². The van der Waals surface area contributed by atoms with Crippen LogP contribution in [0.2, 0.25) is 0 Å². The van der Waals surface area contributed by atoms with E-state index in [0.717, 1.165) is 31.7 Å². The van der Waals surface area contributed by atoms with Crippen LogP contribution in [-0.4, -0.2) is 26.3 Å². The molecule has 0 spiro atoms. The van der Waals surface area contributed by atoms with E-state index in [9.17, 15) is 21.6 Å². The van der Waals surface area contributed by atoms with E-state index in [1.165, 1.54) is 6.07 Å². The van der Waals surface area contributed by atoms with E-state index in [1.54, 1.807) is 0 Å². The molecule has 14 heteroatoms. The number of aliphatic imine (C=N–C) groups is 1. The van der Waals surface area contributed by atoms with E-state index < -0.39 is 26.7 Å². The van der Waals surface area contributed by atoms with Crippen molar-refractivity contribution in [2.75, 3.05) is 0 Å². The zero-order chi connectivity index (χ0) is 22.8. The molecule has 10 nitrogen and oxygen atoms in total. The summed E-state index contributed by atoms with van der Waals surface area (Å²) in [5.41, 5.74) is 17.0. The molecule has 1 aromatic carbocycles. The van der Waals surface area contributed by atoms with Gasteiger partial charge in [-0.05, 0) is 56.1 Å². The number of guanidine groups is 1. The molecule has 0 unspecified atom stereocenters. The Balaban J connectivity index is 1.90. The van der Waals surface area contributed by atoms with Gasteiger partial charge < -0.3 is 11.5 Å². The molecule has 0 saturated heterocycles. The number of benzene rings is 1. The molecular weight excluding hydrogens is 437 g/mol. The van der Waals surface area contributed by atoms with Crippen LogP contribution in [0.4, 0.5) is 13.2 Å². The second kappa shape index (κ2) is 8.88. The van der Waals surface area contributed by atoms with Crippen LogP contribution in [0.15, 0.2) is 27.1 Å². The summed E-state index contributed by atoms with van der Waals surface area (Å²) in [6.45, 7) is 0. The molecule has 31 heavy (non-hydrogen) atoms. The van der Waals surface area contributed by atoms with Crippen molar-refractivity contribution >= 4 is 21.8 Å². The number of hydrazine groups is 2. The third-order valence-corrected chi connectivity index (χ3v) is 6.44. The summed E-state index contributed by atoms with van der Waals surface area (Å²) in [4.78, 5) is 3.18. The second-order valence-corrected chi connectivity index (χ2v) is 9.11. The first-order valence-electron chi connectivity index (χ1n) is 9.65. The number of rotatable bonds is 6. The first kappa shape index (κ1) is 23.1. The van der Waals surface area contributed by atoms with Crippen molar-refractivity contribution in [3.8, 4) is 0 Å². The number of primary sulfonamides is 1. The molecule has 172 valence electrons. The fourth-order valence-electron chi connectivity index (χ4n) is 4.06. The lowest BCUT2D eigenvalue weighted by Crippen LogP contribution is -2.37. The zero-order valence-corrected chi connectivity index (χ0v) is 17.4. The Morgan fingerprint density at radius 2 is 1.87 bits per heavy atom. The highest BCUT2D eigenvalue weighted by atomic mass is 32.2. The van der Waals surface area contributed by atoms with Crippen LogP contribution in [-0.2, 0) is 22.6 Å². The number of hydrogen-bond donors (Lipinski definition) is 6. The van der Waals surface area contributed by atoms with E-state index in [0.29, 0.717) is 24.3 Å². The zero-order valence-electron chi connectivity index (χ0n) is 16.5. The monoisotopic (exact) mass is 462 g/mol. The number of alkyl halides is 3. The standard InChI is InChI=1S/C17H25F3N8O2S/c18-17(19,20)12-8-5-10(4-1-9-2-6-11(7-3-9)24-16(21)22)13(14(12)31(23,29)30)15-25-27-28-26-15/h5,8-9,11,27-28H,1-4,6-7H2,(H,25,26)(H4,21,22,24)(H2,23,29,30). The van der Waals surface area contributed by atoms with Gasteiger partial charge in [0.25, 0.3) is 0 Å². The second-order valence-electron chi connectivity index (χ2n) is 7.61. The number of nitrogens with two attached hydrogens (primary N) is 3. The lowest BCUT2D eigenvalue weighted by Gasteiger charge is -2.27. The first-order chi connectivity index (χ1) is 14.5. The number of nitrogens with one attached hydrogen (secondary N) is 3. The molecule has 0 amide bonds. The maximum absolute atomic E-state index is 13.5. The molecule has 0 atom stereocenters. The molecule has 2 aliphatic rings. The Morgan fingerprint density at radius 1 is 1.19 bits per heavy atom. The molecule has 1 saturated carbocycles. The molecule has 0 radical (unpaired) electrons. The average molecular weight is 463 g/mol. The molecule has 3 rings (SSSR count). The highest BCUT2D eigenvalue weighted by molar-refractivity contribution is 7.89. The quantitative estimate of drug-likeness (QED) is 0.262. The van der Waals surface area contributed by atoms with Crippen molar-refractivity contribution in [3.05, 3.63) is 28.8 Å².